The number of nitrogens with one attached hydrogen (secondary N) is 3. The average molecular weight is 425 g/mol. The molecule has 6 nitrogen and oxygen atoms in total. The molecule has 0 radical (unpaired) electrons. The minimum atomic E-state index is -0.456. The van der Waals surface area contributed by atoms with E-state index in [1.54, 1.807) is 0 Å². The standard InChI is InChI=1S/C25H36N4O2/c30-23(18-29-13-7-2-8-14-29)19-31-25-12-6-5-11-21(25)16-26-17-22-15-24(28-27-22)20-9-3-1-4-10-20/h1,3-6,9-12,22-24,26-28,30H,2,7-8,13-19H2. The molecule has 0 aromatic heterocycles. The fraction of sp³-hybridized carbons (Fsp3) is 0.520. The largest absolute Gasteiger partial charge is 0.491 e. The van der Waals surface area contributed by atoms with Crippen LogP contribution in [-0.4, -0.2) is 54.9 Å². The van der Waals surface area contributed by atoms with Gasteiger partial charge in [0.15, 0.2) is 0 Å². The lowest BCUT2D eigenvalue weighted by molar-refractivity contribution is 0.0614. The van der Waals surface area contributed by atoms with Crippen LogP contribution >= 0.6 is 0 Å². The van der Waals surface area contributed by atoms with Crippen LogP contribution in [0.4, 0.5) is 0 Å². The minimum Gasteiger partial charge on any atom is -0.491 e. The number of benzene rings is 2. The van der Waals surface area contributed by atoms with Gasteiger partial charge in [-0.2, -0.15) is 0 Å². The van der Waals surface area contributed by atoms with E-state index in [0.717, 1.165) is 43.9 Å². The molecule has 0 aliphatic carbocycles. The van der Waals surface area contributed by atoms with Gasteiger partial charge in [-0.25, -0.2) is 5.43 Å². The van der Waals surface area contributed by atoms with E-state index in [2.05, 4.69) is 57.5 Å². The first-order chi connectivity index (χ1) is 15.3. The maximum Gasteiger partial charge on any atom is 0.123 e. The number of rotatable bonds is 10. The number of hydrogen-bond acceptors (Lipinski definition) is 6. The van der Waals surface area contributed by atoms with Gasteiger partial charge in [-0.15, -0.1) is 0 Å². The Balaban J connectivity index is 1.20. The second-order valence-corrected chi connectivity index (χ2v) is 8.75. The molecule has 0 bridgehead atoms. The molecule has 3 atom stereocenters. The van der Waals surface area contributed by atoms with Crippen molar-refractivity contribution in [2.75, 3.05) is 32.8 Å². The van der Waals surface area contributed by atoms with Crippen LogP contribution in [0.2, 0.25) is 0 Å². The molecule has 0 spiro atoms. The van der Waals surface area contributed by atoms with Crippen molar-refractivity contribution in [1.29, 1.82) is 0 Å². The van der Waals surface area contributed by atoms with Crippen molar-refractivity contribution in [2.24, 2.45) is 0 Å². The van der Waals surface area contributed by atoms with Gasteiger partial charge in [-0.3, -0.25) is 5.43 Å². The third-order valence-electron chi connectivity index (χ3n) is 6.21. The summed E-state index contributed by atoms with van der Waals surface area (Å²) in [6.07, 6.45) is 4.38. The second-order valence-electron chi connectivity index (χ2n) is 8.75. The second kappa shape index (κ2) is 11.6. The highest BCUT2D eigenvalue weighted by molar-refractivity contribution is 5.33. The fourth-order valence-corrected chi connectivity index (χ4v) is 4.51. The third kappa shape index (κ3) is 6.76. The van der Waals surface area contributed by atoms with Crippen molar-refractivity contribution in [3.05, 3.63) is 65.7 Å². The zero-order valence-electron chi connectivity index (χ0n) is 18.3. The molecular weight excluding hydrogens is 388 g/mol. The van der Waals surface area contributed by atoms with E-state index in [0.29, 0.717) is 25.2 Å². The van der Waals surface area contributed by atoms with Crippen molar-refractivity contribution < 1.29 is 9.84 Å². The van der Waals surface area contributed by atoms with Gasteiger partial charge in [0.25, 0.3) is 0 Å². The Labute approximate surface area is 186 Å². The van der Waals surface area contributed by atoms with Gasteiger partial charge in [0.1, 0.15) is 18.5 Å². The number of β-amino-alcohol motifs (C(OH)–C–C–N with tert-alkyl or cyclic N) is 1. The summed E-state index contributed by atoms with van der Waals surface area (Å²) in [5.74, 6) is 0.854. The smallest absolute Gasteiger partial charge is 0.123 e. The van der Waals surface area contributed by atoms with E-state index >= 15 is 0 Å². The number of nitrogens with zero attached hydrogens (tertiary/aromatic N) is 1. The zero-order chi connectivity index (χ0) is 21.3. The number of aliphatic hydroxyl groups excluding tert-OH is 1. The molecule has 4 N–H and O–H groups in total. The Morgan fingerprint density at radius 1 is 1.00 bits per heavy atom. The van der Waals surface area contributed by atoms with Crippen molar-refractivity contribution in [3.8, 4) is 5.75 Å². The van der Waals surface area contributed by atoms with Gasteiger partial charge in [0.05, 0.1) is 0 Å². The monoisotopic (exact) mass is 424 g/mol. The molecule has 2 aromatic carbocycles. The Hall–Kier alpha value is -1.96. The zero-order valence-corrected chi connectivity index (χ0v) is 18.3. The van der Waals surface area contributed by atoms with E-state index in [-0.39, 0.29) is 0 Å². The first-order valence-electron chi connectivity index (χ1n) is 11.7. The minimum absolute atomic E-state index is 0.334. The maximum absolute atomic E-state index is 10.4. The lowest BCUT2D eigenvalue weighted by atomic mass is 10.0. The fourth-order valence-electron chi connectivity index (χ4n) is 4.51. The molecule has 0 saturated carbocycles. The molecule has 31 heavy (non-hydrogen) atoms. The molecule has 2 saturated heterocycles. The van der Waals surface area contributed by atoms with Gasteiger partial charge < -0.3 is 20.1 Å². The highest BCUT2D eigenvalue weighted by Crippen LogP contribution is 2.22. The Kier molecular flexibility index (Phi) is 8.32. The van der Waals surface area contributed by atoms with Gasteiger partial charge >= 0.3 is 0 Å². The van der Waals surface area contributed by atoms with E-state index in [9.17, 15) is 5.11 Å². The lowest BCUT2D eigenvalue weighted by Gasteiger charge is -2.28. The van der Waals surface area contributed by atoms with Crippen molar-refractivity contribution >= 4 is 0 Å². The molecule has 2 aromatic rings. The highest BCUT2D eigenvalue weighted by Gasteiger charge is 2.24. The molecule has 2 aliphatic heterocycles. The normalized spacial score (nSPS) is 23.0. The number of para-hydroxylation sites is 1. The van der Waals surface area contributed by atoms with Gasteiger partial charge in [0.2, 0.25) is 0 Å². The summed E-state index contributed by atoms with van der Waals surface area (Å²) in [6, 6.07) is 19.4. The molecule has 4 rings (SSSR count). The van der Waals surface area contributed by atoms with Crippen LogP contribution in [0.25, 0.3) is 0 Å². The van der Waals surface area contributed by atoms with Crippen LogP contribution in [0.1, 0.15) is 42.9 Å². The quantitative estimate of drug-likeness (QED) is 0.470. The topological polar surface area (TPSA) is 68.8 Å². The SMILES string of the molecule is OC(COc1ccccc1CNCC1CC(c2ccccc2)NN1)CN1CCCCC1. The summed E-state index contributed by atoms with van der Waals surface area (Å²) in [5, 5.41) is 14.0. The molecule has 0 amide bonds. The number of hydrazine groups is 1. The van der Waals surface area contributed by atoms with Crippen molar-refractivity contribution in [1.82, 2.24) is 21.1 Å². The summed E-state index contributed by atoms with van der Waals surface area (Å²) in [6.45, 7) is 4.83. The number of ether oxygens (including phenoxy) is 1. The maximum atomic E-state index is 10.4. The lowest BCUT2D eigenvalue weighted by Crippen LogP contribution is -2.38. The van der Waals surface area contributed by atoms with Crippen LogP contribution in [0, 0.1) is 0 Å². The summed E-state index contributed by atoms with van der Waals surface area (Å²) >= 11 is 0. The number of hydrogen-bond donors (Lipinski definition) is 4. The highest BCUT2D eigenvalue weighted by atomic mass is 16.5. The number of piperidine rings is 1. The van der Waals surface area contributed by atoms with Gasteiger partial charge in [0, 0.05) is 37.3 Å². The molecule has 2 fully saturated rings. The Morgan fingerprint density at radius 2 is 1.77 bits per heavy atom. The number of likely N-dealkylation sites (tertiary alicyclic amines) is 1. The molecule has 2 heterocycles. The molecular formula is C25H36N4O2. The van der Waals surface area contributed by atoms with Crippen LogP contribution in [0.3, 0.4) is 0 Å². The van der Waals surface area contributed by atoms with E-state index < -0.39 is 6.10 Å². The third-order valence-corrected chi connectivity index (χ3v) is 6.21. The summed E-state index contributed by atoms with van der Waals surface area (Å²) in [4.78, 5) is 2.34. The first kappa shape index (κ1) is 22.2. The van der Waals surface area contributed by atoms with Crippen molar-refractivity contribution in [3.63, 3.8) is 0 Å². The predicted octanol–water partition coefficient (Wildman–Crippen LogP) is 2.61. The Morgan fingerprint density at radius 3 is 2.61 bits per heavy atom. The van der Waals surface area contributed by atoms with Crippen LogP contribution in [-0.2, 0) is 6.54 Å². The summed E-state index contributed by atoms with van der Waals surface area (Å²) < 4.78 is 5.99. The predicted molar refractivity (Wildman–Crippen MR) is 124 cm³/mol. The van der Waals surface area contributed by atoms with Crippen molar-refractivity contribution in [2.45, 2.75) is 50.4 Å². The number of aliphatic hydroxyl groups is 1. The molecule has 6 heteroatoms. The van der Waals surface area contributed by atoms with E-state index in [4.69, 9.17) is 4.74 Å². The average Bonchev–Trinajstić information content (AvgIpc) is 3.29. The van der Waals surface area contributed by atoms with E-state index in [1.165, 1.54) is 24.8 Å². The van der Waals surface area contributed by atoms with Gasteiger partial charge in [-0.05, 0) is 44.0 Å². The molecule has 3 unspecified atom stereocenters. The first-order valence-corrected chi connectivity index (χ1v) is 11.7. The van der Waals surface area contributed by atoms with Crippen LogP contribution in [0.5, 0.6) is 5.75 Å². The molecule has 168 valence electrons. The molecule has 2 aliphatic rings. The Bertz CT molecular complexity index is 782. The summed E-state index contributed by atoms with van der Waals surface area (Å²) in [5.41, 5.74) is 9.25. The van der Waals surface area contributed by atoms with E-state index in [1.807, 2.05) is 18.2 Å². The summed E-state index contributed by atoms with van der Waals surface area (Å²) in [7, 11) is 0. The van der Waals surface area contributed by atoms with Gasteiger partial charge in [-0.1, -0.05) is 55.0 Å². The van der Waals surface area contributed by atoms with Crippen LogP contribution < -0.4 is 20.9 Å². The van der Waals surface area contributed by atoms with Crippen LogP contribution in [0.15, 0.2) is 54.6 Å².